The van der Waals surface area contributed by atoms with Crippen molar-refractivity contribution < 1.29 is 9.13 Å². The molecule has 0 bridgehead atoms. The monoisotopic (exact) mass is 403 g/mol. The van der Waals surface area contributed by atoms with Crippen LogP contribution in [0.15, 0.2) is 29.1 Å². The number of hydrogen-bond acceptors (Lipinski definition) is 7. The second kappa shape index (κ2) is 7.94. The molecule has 0 saturated carbocycles. The summed E-state index contributed by atoms with van der Waals surface area (Å²) in [6.45, 7) is 6.69. The number of nitrogens with zero attached hydrogens (tertiary/aromatic N) is 5. The minimum Gasteiger partial charge on any atom is -0.496 e. The number of rotatable bonds is 5. The molecule has 0 spiro atoms. The van der Waals surface area contributed by atoms with Crippen molar-refractivity contribution >= 4 is 16.3 Å². The summed E-state index contributed by atoms with van der Waals surface area (Å²) in [7, 11) is 1.61. The number of aromatic nitrogens is 3. The van der Waals surface area contributed by atoms with Crippen LogP contribution in [0.2, 0.25) is 0 Å². The molecule has 9 heteroatoms. The van der Waals surface area contributed by atoms with Crippen LogP contribution < -0.4 is 10.3 Å². The van der Waals surface area contributed by atoms with E-state index < -0.39 is 0 Å². The van der Waals surface area contributed by atoms with Gasteiger partial charge in [0.1, 0.15) is 16.6 Å². The Hall–Kier alpha value is -2.36. The molecule has 4 rings (SSSR count). The molecule has 0 aliphatic carbocycles. The zero-order valence-electron chi connectivity index (χ0n) is 15.9. The highest BCUT2D eigenvalue weighted by molar-refractivity contribution is 7.16. The minimum atomic E-state index is -0.246. The molecule has 0 N–H and O–H groups in total. The second-order valence-electron chi connectivity index (χ2n) is 6.93. The Morgan fingerprint density at radius 2 is 1.86 bits per heavy atom. The summed E-state index contributed by atoms with van der Waals surface area (Å²) in [4.78, 5) is 21.6. The Kier molecular flexibility index (Phi) is 5.38. The van der Waals surface area contributed by atoms with Crippen LogP contribution in [-0.2, 0) is 13.1 Å². The van der Waals surface area contributed by atoms with E-state index in [1.165, 1.54) is 28.0 Å². The van der Waals surface area contributed by atoms with E-state index in [1.807, 2.05) is 6.92 Å². The predicted molar refractivity (Wildman–Crippen MR) is 105 cm³/mol. The molecular weight excluding hydrogens is 381 g/mol. The van der Waals surface area contributed by atoms with Crippen LogP contribution in [-0.4, -0.2) is 57.7 Å². The van der Waals surface area contributed by atoms with Crippen LogP contribution in [0, 0.1) is 12.7 Å². The van der Waals surface area contributed by atoms with Crippen LogP contribution in [0.4, 0.5) is 4.39 Å². The summed E-state index contributed by atoms with van der Waals surface area (Å²) in [5.41, 5.74) is 1.43. The van der Waals surface area contributed by atoms with Gasteiger partial charge in [0.2, 0.25) is 4.96 Å². The number of benzene rings is 1. The lowest BCUT2D eigenvalue weighted by Gasteiger charge is -2.34. The quantitative estimate of drug-likeness (QED) is 0.649. The van der Waals surface area contributed by atoms with Gasteiger partial charge in [-0.3, -0.25) is 14.6 Å². The highest BCUT2D eigenvalue weighted by Crippen LogP contribution is 2.22. The SMILES string of the molecule is COc1ccc(F)cc1CN1CCN(Cc2nn3c(=O)cc(C)nc3s2)CC1. The van der Waals surface area contributed by atoms with Crippen molar-refractivity contribution in [3.8, 4) is 5.75 Å². The molecule has 0 unspecified atom stereocenters. The van der Waals surface area contributed by atoms with E-state index >= 15 is 0 Å². The van der Waals surface area contributed by atoms with Crippen molar-refractivity contribution in [2.24, 2.45) is 0 Å². The Balaban J connectivity index is 1.38. The second-order valence-corrected chi connectivity index (χ2v) is 7.97. The summed E-state index contributed by atoms with van der Waals surface area (Å²) in [5, 5.41) is 5.30. The number of piperazine rings is 1. The Bertz CT molecular complexity index is 1040. The van der Waals surface area contributed by atoms with Crippen LogP contribution >= 0.6 is 11.3 Å². The third-order valence-electron chi connectivity index (χ3n) is 4.88. The molecule has 0 radical (unpaired) electrons. The maximum Gasteiger partial charge on any atom is 0.275 e. The van der Waals surface area contributed by atoms with Crippen molar-refractivity contribution in [1.29, 1.82) is 0 Å². The van der Waals surface area contributed by atoms with Crippen LogP contribution in [0.25, 0.3) is 4.96 Å². The lowest BCUT2D eigenvalue weighted by Crippen LogP contribution is -2.45. The van der Waals surface area contributed by atoms with Crippen molar-refractivity contribution in [1.82, 2.24) is 24.4 Å². The van der Waals surface area contributed by atoms with Crippen molar-refractivity contribution in [3.05, 3.63) is 56.7 Å². The molecule has 1 aliphatic rings. The van der Waals surface area contributed by atoms with Gasteiger partial charge < -0.3 is 4.74 Å². The molecule has 0 amide bonds. The van der Waals surface area contributed by atoms with E-state index in [0.717, 1.165) is 36.8 Å². The third kappa shape index (κ3) is 4.06. The molecule has 7 nitrogen and oxygen atoms in total. The van der Waals surface area contributed by atoms with Gasteiger partial charge in [-0.15, -0.1) is 0 Å². The number of methoxy groups -OCH3 is 1. The predicted octanol–water partition coefficient (Wildman–Crippen LogP) is 1.92. The van der Waals surface area contributed by atoms with Crippen molar-refractivity contribution in [2.75, 3.05) is 33.3 Å². The summed E-state index contributed by atoms with van der Waals surface area (Å²) in [6, 6.07) is 6.13. The molecule has 1 aliphatic heterocycles. The molecule has 148 valence electrons. The first-order valence-corrected chi connectivity index (χ1v) is 9.97. The summed E-state index contributed by atoms with van der Waals surface area (Å²) < 4.78 is 20.3. The number of hydrogen-bond donors (Lipinski definition) is 0. The molecule has 3 aromatic rings. The lowest BCUT2D eigenvalue weighted by atomic mass is 10.1. The minimum absolute atomic E-state index is 0.140. The molecule has 28 heavy (non-hydrogen) atoms. The van der Waals surface area contributed by atoms with E-state index in [9.17, 15) is 9.18 Å². The van der Waals surface area contributed by atoms with E-state index in [1.54, 1.807) is 19.2 Å². The first-order chi connectivity index (χ1) is 13.5. The van der Waals surface area contributed by atoms with Gasteiger partial charge in [-0.2, -0.15) is 9.61 Å². The Morgan fingerprint density at radius 1 is 1.14 bits per heavy atom. The summed E-state index contributed by atoms with van der Waals surface area (Å²) in [6.07, 6.45) is 0. The molecule has 1 saturated heterocycles. The average Bonchev–Trinajstić information content (AvgIpc) is 3.06. The molecule has 2 aromatic heterocycles. The highest BCUT2D eigenvalue weighted by atomic mass is 32.1. The Morgan fingerprint density at radius 3 is 2.57 bits per heavy atom. The van der Waals surface area contributed by atoms with Gasteiger partial charge in [-0.25, -0.2) is 9.37 Å². The van der Waals surface area contributed by atoms with Crippen molar-refractivity contribution in [2.45, 2.75) is 20.0 Å². The zero-order valence-corrected chi connectivity index (χ0v) is 16.7. The van der Waals surface area contributed by atoms with E-state index in [-0.39, 0.29) is 11.4 Å². The van der Waals surface area contributed by atoms with Crippen LogP contribution in [0.3, 0.4) is 0 Å². The number of aryl methyl sites for hydroxylation is 1. The van der Waals surface area contributed by atoms with Gasteiger partial charge in [0.05, 0.1) is 13.7 Å². The normalized spacial score (nSPS) is 16.0. The lowest BCUT2D eigenvalue weighted by molar-refractivity contribution is 0.121. The molecule has 1 fully saturated rings. The average molecular weight is 403 g/mol. The molecule has 0 atom stereocenters. The standard InChI is InChI=1S/C19H22FN5O2S/c1-13-9-18(26)25-19(21-13)28-17(22-25)12-24-7-5-23(6-8-24)11-14-10-15(20)3-4-16(14)27-2/h3-4,9-10H,5-8,11-12H2,1-2H3. The van der Waals surface area contributed by atoms with Crippen LogP contribution in [0.5, 0.6) is 5.75 Å². The molecule has 1 aromatic carbocycles. The summed E-state index contributed by atoms with van der Waals surface area (Å²) >= 11 is 1.46. The number of fused-ring (bicyclic) bond motifs is 1. The maximum absolute atomic E-state index is 13.6. The number of halogens is 1. The molecule has 3 heterocycles. The topological polar surface area (TPSA) is 63.0 Å². The fourth-order valence-electron chi connectivity index (χ4n) is 3.43. The first-order valence-electron chi connectivity index (χ1n) is 9.15. The van der Waals surface area contributed by atoms with Crippen molar-refractivity contribution in [3.63, 3.8) is 0 Å². The fraction of sp³-hybridized carbons (Fsp3) is 0.421. The fourth-order valence-corrected chi connectivity index (χ4v) is 4.42. The van der Waals surface area contributed by atoms with E-state index in [2.05, 4.69) is 19.9 Å². The van der Waals surface area contributed by atoms with Crippen LogP contribution in [0.1, 0.15) is 16.3 Å². The van der Waals surface area contributed by atoms with E-state index in [4.69, 9.17) is 4.74 Å². The Labute approximate surface area is 166 Å². The smallest absolute Gasteiger partial charge is 0.275 e. The molecular formula is C19H22FN5O2S. The van der Waals surface area contributed by atoms with Gasteiger partial charge in [0, 0.05) is 50.0 Å². The summed E-state index contributed by atoms with van der Waals surface area (Å²) in [5.74, 6) is 0.468. The van der Waals surface area contributed by atoms with Gasteiger partial charge in [-0.05, 0) is 25.1 Å². The maximum atomic E-state index is 13.6. The van der Waals surface area contributed by atoms with Gasteiger partial charge in [-0.1, -0.05) is 11.3 Å². The number of ether oxygens (including phenoxy) is 1. The van der Waals surface area contributed by atoms with E-state index in [0.29, 0.717) is 29.5 Å². The van der Waals surface area contributed by atoms with Gasteiger partial charge >= 0.3 is 0 Å². The van der Waals surface area contributed by atoms with Gasteiger partial charge in [0.15, 0.2) is 0 Å². The first kappa shape index (κ1) is 19.0. The van der Waals surface area contributed by atoms with Gasteiger partial charge in [0.25, 0.3) is 5.56 Å². The zero-order chi connectivity index (χ0) is 19.7. The third-order valence-corrected chi connectivity index (χ3v) is 5.77. The highest BCUT2D eigenvalue weighted by Gasteiger charge is 2.20. The largest absolute Gasteiger partial charge is 0.496 e.